The zero-order valence-electron chi connectivity index (χ0n) is 17.9. The Kier molecular flexibility index (Phi) is 6.15. The van der Waals surface area contributed by atoms with Crippen LogP contribution in [-0.2, 0) is 10.0 Å². The summed E-state index contributed by atoms with van der Waals surface area (Å²) in [7, 11) is -3.56. The van der Waals surface area contributed by atoms with Gasteiger partial charge >= 0.3 is 0 Å². The number of rotatable bonds is 5. The van der Waals surface area contributed by atoms with E-state index in [-0.39, 0.29) is 16.8 Å². The van der Waals surface area contributed by atoms with Crippen molar-refractivity contribution in [1.29, 1.82) is 0 Å². The van der Waals surface area contributed by atoms with Crippen LogP contribution >= 0.6 is 0 Å². The van der Waals surface area contributed by atoms with E-state index in [4.69, 9.17) is 0 Å². The van der Waals surface area contributed by atoms with Crippen LogP contribution in [0.4, 0.5) is 0 Å². The molecule has 0 bridgehead atoms. The van der Waals surface area contributed by atoms with Crippen molar-refractivity contribution >= 4 is 15.9 Å². The first-order chi connectivity index (χ1) is 13.6. The van der Waals surface area contributed by atoms with Gasteiger partial charge in [-0.05, 0) is 87.4 Å². The molecule has 1 aliphatic rings. The van der Waals surface area contributed by atoms with Gasteiger partial charge in [0.25, 0.3) is 5.91 Å². The maximum Gasteiger partial charge on any atom is 0.252 e. The maximum atomic E-state index is 13.0. The van der Waals surface area contributed by atoms with Crippen molar-refractivity contribution in [3.63, 3.8) is 0 Å². The molecule has 6 heteroatoms. The van der Waals surface area contributed by atoms with Crippen molar-refractivity contribution in [3.05, 3.63) is 63.7 Å². The van der Waals surface area contributed by atoms with E-state index in [0.717, 1.165) is 29.5 Å². The summed E-state index contributed by atoms with van der Waals surface area (Å²) in [5.74, 6) is -0.258. The molecular weight excluding hydrogens is 384 g/mol. The van der Waals surface area contributed by atoms with E-state index in [1.54, 1.807) is 12.1 Å². The highest BCUT2D eigenvalue weighted by atomic mass is 32.2. The molecule has 2 aromatic carbocycles. The number of carbonyl (C=O) groups is 1. The third kappa shape index (κ3) is 4.38. The molecular formula is C23H30N2O3S. The molecule has 0 radical (unpaired) electrons. The van der Waals surface area contributed by atoms with Crippen LogP contribution in [0.2, 0.25) is 0 Å². The van der Waals surface area contributed by atoms with Gasteiger partial charge in [0.2, 0.25) is 10.0 Å². The average Bonchev–Trinajstić information content (AvgIpc) is 3.20. The van der Waals surface area contributed by atoms with Crippen LogP contribution in [0.1, 0.15) is 64.0 Å². The van der Waals surface area contributed by atoms with Crippen LogP contribution in [0.5, 0.6) is 0 Å². The van der Waals surface area contributed by atoms with Crippen LogP contribution in [0.3, 0.4) is 0 Å². The van der Waals surface area contributed by atoms with Gasteiger partial charge in [0.05, 0.1) is 10.9 Å². The highest BCUT2D eigenvalue weighted by Crippen LogP contribution is 2.25. The molecule has 1 fully saturated rings. The topological polar surface area (TPSA) is 66.5 Å². The molecule has 0 aromatic heterocycles. The Morgan fingerprint density at radius 3 is 2.21 bits per heavy atom. The Morgan fingerprint density at radius 2 is 1.55 bits per heavy atom. The summed E-state index contributed by atoms with van der Waals surface area (Å²) in [4.78, 5) is 13.2. The number of benzene rings is 2. The number of nitrogens with one attached hydrogen (secondary N) is 1. The lowest BCUT2D eigenvalue weighted by Gasteiger charge is -2.20. The van der Waals surface area contributed by atoms with Gasteiger partial charge in [0.15, 0.2) is 0 Å². The van der Waals surface area contributed by atoms with E-state index in [0.29, 0.717) is 18.7 Å². The fourth-order valence-corrected chi connectivity index (χ4v) is 5.43. The number of nitrogens with zero attached hydrogens (tertiary/aromatic N) is 1. The van der Waals surface area contributed by atoms with E-state index < -0.39 is 10.0 Å². The largest absolute Gasteiger partial charge is 0.345 e. The Balaban J connectivity index is 1.87. The van der Waals surface area contributed by atoms with Gasteiger partial charge in [0.1, 0.15) is 0 Å². The summed E-state index contributed by atoms with van der Waals surface area (Å²) in [6, 6.07) is 8.87. The van der Waals surface area contributed by atoms with E-state index in [2.05, 4.69) is 31.3 Å². The standard InChI is InChI=1S/C23H30N2O3S/c1-15-8-9-20(29(27,28)25-10-6-7-11-25)14-22(15)23(26)24-19(5)21-13-17(3)16(2)12-18(21)4/h8-9,12-14,19H,6-7,10-11H2,1-5H3,(H,24,26)/t19-/m1/s1. The predicted octanol–water partition coefficient (Wildman–Crippen LogP) is 4.20. The van der Waals surface area contributed by atoms with Crippen LogP contribution in [-0.4, -0.2) is 31.7 Å². The van der Waals surface area contributed by atoms with E-state index >= 15 is 0 Å². The van der Waals surface area contributed by atoms with E-state index in [1.807, 2.05) is 20.8 Å². The van der Waals surface area contributed by atoms with Crippen LogP contribution in [0.25, 0.3) is 0 Å². The zero-order valence-corrected chi connectivity index (χ0v) is 18.7. The first-order valence-corrected chi connectivity index (χ1v) is 11.5. The molecule has 1 N–H and O–H groups in total. The minimum atomic E-state index is -3.56. The second kappa shape index (κ2) is 8.28. The van der Waals surface area contributed by atoms with Crippen LogP contribution in [0.15, 0.2) is 35.2 Å². The molecule has 5 nitrogen and oxygen atoms in total. The summed E-state index contributed by atoms with van der Waals surface area (Å²) in [5.41, 5.74) is 5.76. The Hall–Kier alpha value is -2.18. The Bertz CT molecular complexity index is 1040. The van der Waals surface area contributed by atoms with Crippen molar-refractivity contribution < 1.29 is 13.2 Å². The average molecular weight is 415 g/mol. The van der Waals surface area contributed by atoms with E-state index in [1.165, 1.54) is 21.5 Å². The molecule has 29 heavy (non-hydrogen) atoms. The second-order valence-corrected chi connectivity index (χ2v) is 10.0. The summed E-state index contributed by atoms with van der Waals surface area (Å²) in [5, 5.41) is 3.04. The molecule has 3 rings (SSSR count). The van der Waals surface area contributed by atoms with Crippen molar-refractivity contribution in [2.24, 2.45) is 0 Å². The number of carbonyl (C=O) groups excluding carboxylic acids is 1. The molecule has 1 heterocycles. The van der Waals surface area contributed by atoms with Gasteiger partial charge in [-0.2, -0.15) is 4.31 Å². The van der Waals surface area contributed by atoms with Gasteiger partial charge in [-0.15, -0.1) is 0 Å². The molecule has 1 amide bonds. The second-order valence-electron chi connectivity index (χ2n) is 8.08. The lowest BCUT2D eigenvalue weighted by Crippen LogP contribution is -2.30. The van der Waals surface area contributed by atoms with Crippen molar-refractivity contribution in [1.82, 2.24) is 9.62 Å². The SMILES string of the molecule is Cc1cc(C)c([C@@H](C)NC(=O)c2cc(S(=O)(=O)N3CCCC3)ccc2C)cc1C. The number of sulfonamides is 1. The number of hydrogen-bond donors (Lipinski definition) is 1. The summed E-state index contributed by atoms with van der Waals surface area (Å²) >= 11 is 0. The minimum absolute atomic E-state index is 0.181. The normalized spacial score (nSPS) is 16.0. The zero-order chi connectivity index (χ0) is 21.3. The summed E-state index contributed by atoms with van der Waals surface area (Å²) in [6.07, 6.45) is 1.76. The van der Waals surface area contributed by atoms with Gasteiger partial charge in [0, 0.05) is 18.7 Å². The molecule has 1 atom stereocenters. The molecule has 0 unspecified atom stereocenters. The fourth-order valence-electron chi connectivity index (χ4n) is 3.89. The molecule has 0 aliphatic carbocycles. The van der Waals surface area contributed by atoms with Gasteiger partial charge in [-0.1, -0.05) is 18.2 Å². The van der Waals surface area contributed by atoms with Gasteiger partial charge in [-0.3, -0.25) is 4.79 Å². The van der Waals surface area contributed by atoms with Crippen molar-refractivity contribution in [2.45, 2.75) is 58.4 Å². The summed E-state index contributed by atoms with van der Waals surface area (Å²) in [6.45, 7) is 11.0. The molecule has 156 valence electrons. The van der Waals surface area contributed by atoms with Gasteiger partial charge < -0.3 is 5.32 Å². The lowest BCUT2D eigenvalue weighted by molar-refractivity contribution is 0.0939. The number of aryl methyl sites for hydroxylation is 4. The highest BCUT2D eigenvalue weighted by molar-refractivity contribution is 7.89. The van der Waals surface area contributed by atoms with Gasteiger partial charge in [-0.25, -0.2) is 8.42 Å². The first kappa shape index (κ1) is 21.5. The van der Waals surface area contributed by atoms with Crippen LogP contribution < -0.4 is 5.32 Å². The maximum absolute atomic E-state index is 13.0. The number of amides is 1. The Morgan fingerprint density at radius 1 is 0.931 bits per heavy atom. The minimum Gasteiger partial charge on any atom is -0.345 e. The molecule has 1 saturated heterocycles. The highest BCUT2D eigenvalue weighted by Gasteiger charge is 2.28. The monoisotopic (exact) mass is 414 g/mol. The smallest absolute Gasteiger partial charge is 0.252 e. The fraction of sp³-hybridized carbons (Fsp3) is 0.435. The third-order valence-corrected chi connectivity index (χ3v) is 7.75. The summed E-state index contributed by atoms with van der Waals surface area (Å²) < 4.78 is 27.2. The quantitative estimate of drug-likeness (QED) is 0.797. The van der Waals surface area contributed by atoms with E-state index in [9.17, 15) is 13.2 Å². The number of hydrogen-bond acceptors (Lipinski definition) is 3. The predicted molar refractivity (Wildman–Crippen MR) is 116 cm³/mol. The van der Waals surface area contributed by atoms with Crippen LogP contribution in [0, 0.1) is 27.7 Å². The Labute approximate surface area is 174 Å². The van der Waals surface area contributed by atoms with Crippen molar-refractivity contribution in [3.8, 4) is 0 Å². The molecule has 0 saturated carbocycles. The molecule has 2 aromatic rings. The molecule has 0 spiro atoms. The molecule has 1 aliphatic heterocycles. The lowest BCUT2D eigenvalue weighted by atomic mass is 9.96. The first-order valence-electron chi connectivity index (χ1n) is 10.1. The van der Waals surface area contributed by atoms with Crippen molar-refractivity contribution in [2.75, 3.05) is 13.1 Å². The third-order valence-electron chi connectivity index (χ3n) is 5.85.